The first-order valence-electron chi connectivity index (χ1n) is 10.1. The van der Waals surface area contributed by atoms with E-state index in [4.69, 9.17) is 0 Å². The molecule has 0 aromatic heterocycles. The Morgan fingerprint density at radius 2 is 1.64 bits per heavy atom. The molecule has 8 nitrogen and oxygen atoms in total. The fraction of sp³-hybridized carbons (Fsp3) is 0.125. The summed E-state index contributed by atoms with van der Waals surface area (Å²) in [5.41, 5.74) is 1.27. The van der Waals surface area contributed by atoms with Crippen molar-refractivity contribution >= 4 is 45.0 Å². The Kier molecular flexibility index (Phi) is 6.32. The summed E-state index contributed by atoms with van der Waals surface area (Å²) in [4.78, 5) is 52.4. The fourth-order valence-corrected chi connectivity index (χ4v) is 3.98. The normalized spacial score (nSPS) is 15.5. The largest absolute Gasteiger partial charge is 0.322 e. The van der Waals surface area contributed by atoms with Crippen LogP contribution in [-0.2, 0) is 16.1 Å². The zero-order valence-corrected chi connectivity index (χ0v) is 18.8. The molecule has 166 valence electrons. The van der Waals surface area contributed by atoms with Crippen molar-refractivity contribution in [2.75, 3.05) is 4.90 Å². The summed E-state index contributed by atoms with van der Waals surface area (Å²) < 4.78 is 0.806. The van der Waals surface area contributed by atoms with Gasteiger partial charge in [0.1, 0.15) is 6.04 Å². The lowest BCUT2D eigenvalue weighted by Gasteiger charge is -2.28. The molecule has 9 heteroatoms. The first kappa shape index (κ1) is 22.3. The lowest BCUT2D eigenvalue weighted by Crippen LogP contribution is -2.45. The summed E-state index contributed by atoms with van der Waals surface area (Å²) in [7, 11) is 0. The van der Waals surface area contributed by atoms with Gasteiger partial charge < -0.3 is 4.90 Å². The average Bonchev–Trinajstić information content (AvgIpc) is 3.12. The molecule has 0 bridgehead atoms. The summed E-state index contributed by atoms with van der Waals surface area (Å²) in [5.74, 6) is -1.38. The second kappa shape index (κ2) is 9.33. The number of non-ortho nitro benzene ring substituents is 1. The van der Waals surface area contributed by atoms with E-state index in [0.717, 1.165) is 14.9 Å². The molecule has 0 radical (unpaired) electrons. The zero-order valence-electron chi connectivity index (χ0n) is 17.3. The Bertz CT molecular complexity index is 1210. The predicted octanol–water partition coefficient (Wildman–Crippen LogP) is 4.33. The van der Waals surface area contributed by atoms with Crippen LogP contribution in [0, 0.1) is 10.1 Å². The first-order chi connectivity index (χ1) is 15.8. The highest BCUT2D eigenvalue weighted by molar-refractivity contribution is 9.10. The highest BCUT2D eigenvalue weighted by Gasteiger charge is 2.44. The molecule has 4 rings (SSSR count). The number of nitrogens with zero attached hydrogens (tertiary/aromatic N) is 3. The molecule has 1 atom stereocenters. The van der Waals surface area contributed by atoms with Crippen molar-refractivity contribution in [3.8, 4) is 0 Å². The maximum absolute atomic E-state index is 13.4. The van der Waals surface area contributed by atoms with Crippen LogP contribution >= 0.6 is 15.9 Å². The van der Waals surface area contributed by atoms with E-state index >= 15 is 0 Å². The minimum absolute atomic E-state index is 0.106. The maximum atomic E-state index is 13.4. The molecule has 1 saturated heterocycles. The molecular weight excluding hydrogens is 490 g/mol. The van der Waals surface area contributed by atoms with E-state index in [-0.39, 0.29) is 24.2 Å². The van der Waals surface area contributed by atoms with Gasteiger partial charge in [-0.3, -0.25) is 24.5 Å². The number of nitro groups is 1. The van der Waals surface area contributed by atoms with Crippen LogP contribution in [-0.4, -0.2) is 33.6 Å². The van der Waals surface area contributed by atoms with Gasteiger partial charge in [-0.2, -0.15) is 0 Å². The smallest absolute Gasteiger partial charge is 0.269 e. The number of carbonyl (C=O) groups is 3. The molecule has 33 heavy (non-hydrogen) atoms. The Morgan fingerprint density at radius 1 is 1.00 bits per heavy atom. The monoisotopic (exact) mass is 507 g/mol. The number of halogens is 1. The summed E-state index contributed by atoms with van der Waals surface area (Å²) in [6.45, 7) is 0.106. The van der Waals surface area contributed by atoms with Crippen molar-refractivity contribution in [3.05, 3.63) is 105 Å². The molecule has 1 unspecified atom stereocenters. The first-order valence-corrected chi connectivity index (χ1v) is 10.9. The molecule has 1 aliphatic heterocycles. The van der Waals surface area contributed by atoms with Gasteiger partial charge in [-0.25, -0.2) is 4.90 Å². The van der Waals surface area contributed by atoms with Gasteiger partial charge in [0.15, 0.2) is 0 Å². The van der Waals surface area contributed by atoms with Gasteiger partial charge in [-0.1, -0.05) is 46.3 Å². The second-order valence-corrected chi connectivity index (χ2v) is 8.40. The predicted molar refractivity (Wildman–Crippen MR) is 124 cm³/mol. The molecule has 1 fully saturated rings. The highest BCUT2D eigenvalue weighted by atomic mass is 79.9. The third-order valence-corrected chi connectivity index (χ3v) is 5.89. The van der Waals surface area contributed by atoms with Gasteiger partial charge in [-0.15, -0.1) is 0 Å². The summed E-state index contributed by atoms with van der Waals surface area (Å²) in [5, 5.41) is 11.0. The van der Waals surface area contributed by atoms with E-state index in [1.54, 1.807) is 24.3 Å². The molecule has 1 aliphatic rings. The number of imide groups is 1. The Hall–Kier alpha value is -3.85. The number of hydrogen-bond acceptors (Lipinski definition) is 5. The third-order valence-electron chi connectivity index (χ3n) is 5.37. The van der Waals surface area contributed by atoms with Crippen LogP contribution < -0.4 is 4.90 Å². The van der Waals surface area contributed by atoms with E-state index in [1.807, 2.05) is 30.3 Å². The van der Waals surface area contributed by atoms with Gasteiger partial charge in [0.05, 0.1) is 17.0 Å². The number of carbonyl (C=O) groups excluding carboxylic acids is 3. The number of anilines is 1. The lowest BCUT2D eigenvalue weighted by atomic mass is 10.1. The summed E-state index contributed by atoms with van der Waals surface area (Å²) in [6.07, 6.45) is -0.152. The standard InChI is InChI=1S/C24H18BrN3O5/c25-18-8-12-19(13-9-18)27-22(29)14-21(24(27)31)26(15-16-4-2-1-3-5-16)23(30)17-6-10-20(11-7-17)28(32)33/h1-13,21H,14-15H2. The average molecular weight is 508 g/mol. The molecule has 1 heterocycles. The van der Waals surface area contributed by atoms with Crippen molar-refractivity contribution in [1.82, 2.24) is 4.90 Å². The molecule has 0 aliphatic carbocycles. The van der Waals surface area contributed by atoms with Gasteiger partial charge in [0.2, 0.25) is 5.91 Å². The Labute approximate surface area is 197 Å². The zero-order chi connectivity index (χ0) is 23.5. The topological polar surface area (TPSA) is 101 Å². The third kappa shape index (κ3) is 4.68. The van der Waals surface area contributed by atoms with E-state index in [1.165, 1.54) is 29.2 Å². The van der Waals surface area contributed by atoms with Gasteiger partial charge >= 0.3 is 0 Å². The SMILES string of the molecule is O=C1CC(N(Cc2ccccc2)C(=O)c2ccc([N+](=O)[O-])cc2)C(=O)N1c1ccc(Br)cc1. The summed E-state index contributed by atoms with van der Waals surface area (Å²) in [6, 6.07) is 20.1. The number of nitro benzene ring substituents is 1. The molecule has 0 N–H and O–H groups in total. The number of amides is 3. The van der Waals surface area contributed by atoms with Gasteiger partial charge in [0.25, 0.3) is 17.5 Å². The van der Waals surface area contributed by atoms with Crippen LogP contribution in [0.1, 0.15) is 22.3 Å². The molecule has 0 saturated carbocycles. The van der Waals surface area contributed by atoms with Gasteiger partial charge in [0, 0.05) is 28.7 Å². The van der Waals surface area contributed by atoms with E-state index < -0.39 is 28.7 Å². The van der Waals surface area contributed by atoms with Crippen LogP contribution in [0.5, 0.6) is 0 Å². The van der Waals surface area contributed by atoms with Crippen molar-refractivity contribution in [2.45, 2.75) is 19.0 Å². The summed E-state index contributed by atoms with van der Waals surface area (Å²) >= 11 is 3.33. The van der Waals surface area contributed by atoms with Crippen LogP contribution in [0.15, 0.2) is 83.3 Å². The maximum Gasteiger partial charge on any atom is 0.269 e. The molecular formula is C24H18BrN3O5. The Balaban J connectivity index is 1.67. The van der Waals surface area contributed by atoms with E-state index in [2.05, 4.69) is 15.9 Å². The van der Waals surface area contributed by atoms with Crippen LogP contribution in [0.25, 0.3) is 0 Å². The van der Waals surface area contributed by atoms with E-state index in [9.17, 15) is 24.5 Å². The molecule has 3 aromatic rings. The van der Waals surface area contributed by atoms with Crippen molar-refractivity contribution in [1.29, 1.82) is 0 Å². The number of benzene rings is 3. The Morgan fingerprint density at radius 3 is 2.24 bits per heavy atom. The minimum atomic E-state index is -0.996. The lowest BCUT2D eigenvalue weighted by molar-refractivity contribution is -0.384. The van der Waals surface area contributed by atoms with Crippen molar-refractivity contribution in [3.63, 3.8) is 0 Å². The second-order valence-electron chi connectivity index (χ2n) is 7.49. The van der Waals surface area contributed by atoms with Crippen LogP contribution in [0.3, 0.4) is 0 Å². The highest BCUT2D eigenvalue weighted by Crippen LogP contribution is 2.29. The number of hydrogen-bond donors (Lipinski definition) is 0. The van der Waals surface area contributed by atoms with Crippen LogP contribution in [0.2, 0.25) is 0 Å². The van der Waals surface area contributed by atoms with Crippen molar-refractivity contribution < 1.29 is 19.3 Å². The van der Waals surface area contributed by atoms with Gasteiger partial charge in [-0.05, 0) is 42.0 Å². The minimum Gasteiger partial charge on any atom is -0.322 e. The molecule has 0 spiro atoms. The number of rotatable bonds is 6. The van der Waals surface area contributed by atoms with E-state index in [0.29, 0.717) is 5.69 Å². The quantitative estimate of drug-likeness (QED) is 0.280. The fourth-order valence-electron chi connectivity index (χ4n) is 3.72. The molecule has 3 aromatic carbocycles. The van der Waals surface area contributed by atoms with Crippen LogP contribution in [0.4, 0.5) is 11.4 Å². The van der Waals surface area contributed by atoms with Crippen molar-refractivity contribution in [2.24, 2.45) is 0 Å². The molecule has 3 amide bonds.